The van der Waals surface area contributed by atoms with Crippen molar-refractivity contribution < 1.29 is 4.79 Å². The molecule has 0 aliphatic heterocycles. The summed E-state index contributed by atoms with van der Waals surface area (Å²) in [4.78, 5) is 16.9. The molecule has 30 heavy (non-hydrogen) atoms. The van der Waals surface area contributed by atoms with Crippen molar-refractivity contribution in [2.45, 2.75) is 32.2 Å². The van der Waals surface area contributed by atoms with Crippen molar-refractivity contribution in [3.8, 4) is 11.3 Å². The number of rotatable bonds is 6. The number of aromatic nitrogens is 3. The van der Waals surface area contributed by atoms with E-state index in [0.717, 1.165) is 39.5 Å². The van der Waals surface area contributed by atoms with Gasteiger partial charge in [-0.2, -0.15) is 5.10 Å². The molecule has 0 unspecified atom stereocenters. The number of nitrogens with one attached hydrogen (secondary N) is 1. The van der Waals surface area contributed by atoms with Gasteiger partial charge in [0.2, 0.25) is 5.91 Å². The third-order valence-corrected chi connectivity index (χ3v) is 6.14. The Kier molecular flexibility index (Phi) is 5.86. The van der Waals surface area contributed by atoms with E-state index in [2.05, 4.69) is 53.5 Å². The van der Waals surface area contributed by atoms with Gasteiger partial charge >= 0.3 is 0 Å². The number of thioether (sulfide) groups is 1. The lowest BCUT2D eigenvalue weighted by Gasteiger charge is -2.07. The molecule has 6 heteroatoms. The lowest BCUT2D eigenvalue weighted by Crippen LogP contribution is -2.14. The molecule has 0 spiro atoms. The van der Waals surface area contributed by atoms with Crippen LogP contribution in [0.1, 0.15) is 23.6 Å². The van der Waals surface area contributed by atoms with E-state index in [9.17, 15) is 4.79 Å². The van der Waals surface area contributed by atoms with Crippen molar-refractivity contribution in [2.75, 3.05) is 11.1 Å². The van der Waals surface area contributed by atoms with Gasteiger partial charge in [0.25, 0.3) is 0 Å². The van der Waals surface area contributed by atoms with Crippen LogP contribution in [0.25, 0.3) is 16.8 Å². The zero-order valence-electron chi connectivity index (χ0n) is 17.3. The molecule has 0 saturated carbocycles. The molecule has 1 N–H and O–H groups in total. The number of anilines is 1. The minimum atomic E-state index is -0.0538. The summed E-state index contributed by atoms with van der Waals surface area (Å²) in [5, 5.41) is 8.42. The van der Waals surface area contributed by atoms with E-state index in [1.54, 1.807) is 6.20 Å². The van der Waals surface area contributed by atoms with E-state index in [-0.39, 0.29) is 11.7 Å². The van der Waals surface area contributed by atoms with Crippen LogP contribution in [0.4, 0.5) is 5.69 Å². The Bertz CT molecular complexity index is 1200. The van der Waals surface area contributed by atoms with Gasteiger partial charge in [-0.3, -0.25) is 4.79 Å². The van der Waals surface area contributed by atoms with E-state index in [4.69, 9.17) is 0 Å². The number of nitrogens with zero attached hydrogens (tertiary/aromatic N) is 3. The van der Waals surface area contributed by atoms with E-state index in [0.29, 0.717) is 0 Å². The molecule has 0 radical (unpaired) electrons. The summed E-state index contributed by atoms with van der Waals surface area (Å²) < 4.78 is 1.82. The van der Waals surface area contributed by atoms with E-state index >= 15 is 0 Å². The van der Waals surface area contributed by atoms with Gasteiger partial charge in [0.15, 0.2) is 0 Å². The molecule has 152 valence electrons. The summed E-state index contributed by atoms with van der Waals surface area (Å²) in [7, 11) is 0. The van der Waals surface area contributed by atoms with Gasteiger partial charge < -0.3 is 5.32 Å². The molecular formula is C24H24N4OS. The standard InChI is InChI=1S/C24H24N4OS/c1-4-18-6-8-19(9-7-18)21-14-22-24(25-11-12-28(22)27-21)30-15-23(29)26-20-10-5-16(2)17(3)13-20/h5-14H,4,15H2,1-3H3,(H,26,29). The maximum atomic E-state index is 12.4. The number of carbonyl (C=O) groups is 1. The molecule has 4 rings (SSSR count). The first-order valence-electron chi connectivity index (χ1n) is 9.97. The van der Waals surface area contributed by atoms with Gasteiger partial charge in [-0.25, -0.2) is 9.50 Å². The van der Waals surface area contributed by atoms with Gasteiger partial charge in [0.05, 0.1) is 17.0 Å². The fourth-order valence-corrected chi connectivity index (χ4v) is 3.99. The topological polar surface area (TPSA) is 59.3 Å². The van der Waals surface area contributed by atoms with Gasteiger partial charge in [-0.05, 0) is 55.2 Å². The largest absolute Gasteiger partial charge is 0.325 e. The van der Waals surface area contributed by atoms with E-state index < -0.39 is 0 Å². The van der Waals surface area contributed by atoms with Gasteiger partial charge in [0, 0.05) is 23.6 Å². The first-order valence-corrected chi connectivity index (χ1v) is 11.0. The first-order chi connectivity index (χ1) is 14.5. The van der Waals surface area contributed by atoms with Gasteiger partial charge in [0.1, 0.15) is 5.03 Å². The second kappa shape index (κ2) is 8.71. The second-order valence-corrected chi connectivity index (χ2v) is 8.24. The molecule has 0 fully saturated rings. The normalized spacial score (nSPS) is 11.0. The van der Waals surface area contributed by atoms with Crippen molar-refractivity contribution >= 4 is 28.9 Å². The molecule has 2 aromatic carbocycles. The summed E-state index contributed by atoms with van der Waals surface area (Å²) in [5.74, 6) is 0.229. The molecule has 0 bridgehead atoms. The van der Waals surface area contributed by atoms with Crippen LogP contribution < -0.4 is 5.32 Å². The SMILES string of the molecule is CCc1ccc(-c2cc3c(SCC(=O)Nc4ccc(C)c(C)c4)nccn3n2)cc1. The van der Waals surface area contributed by atoms with Crippen LogP contribution >= 0.6 is 11.8 Å². The van der Waals surface area contributed by atoms with Crippen LogP contribution in [0.3, 0.4) is 0 Å². The fraction of sp³-hybridized carbons (Fsp3) is 0.208. The monoisotopic (exact) mass is 416 g/mol. The molecule has 0 saturated heterocycles. The van der Waals surface area contributed by atoms with Crippen LogP contribution in [0, 0.1) is 13.8 Å². The summed E-state index contributed by atoms with van der Waals surface area (Å²) in [5.41, 5.74) is 7.35. The molecule has 0 aliphatic rings. The number of fused-ring (bicyclic) bond motifs is 1. The van der Waals surface area contributed by atoms with Crippen LogP contribution in [-0.4, -0.2) is 26.3 Å². The predicted octanol–water partition coefficient (Wildman–Crippen LogP) is 5.31. The lowest BCUT2D eigenvalue weighted by atomic mass is 10.1. The minimum absolute atomic E-state index is 0.0538. The van der Waals surface area contributed by atoms with Crippen molar-refractivity contribution in [3.63, 3.8) is 0 Å². The maximum absolute atomic E-state index is 12.4. The van der Waals surface area contributed by atoms with Crippen LogP contribution in [0.2, 0.25) is 0 Å². The Morgan fingerprint density at radius 1 is 1.07 bits per heavy atom. The third-order valence-electron chi connectivity index (χ3n) is 5.14. The van der Waals surface area contributed by atoms with Crippen LogP contribution in [-0.2, 0) is 11.2 Å². The Morgan fingerprint density at radius 3 is 2.60 bits per heavy atom. The highest BCUT2D eigenvalue weighted by atomic mass is 32.2. The number of aryl methyl sites for hydroxylation is 3. The first kappa shape index (κ1) is 20.2. The third kappa shape index (κ3) is 4.39. The lowest BCUT2D eigenvalue weighted by molar-refractivity contribution is -0.113. The maximum Gasteiger partial charge on any atom is 0.234 e. The van der Waals surface area contributed by atoms with Crippen molar-refractivity contribution in [1.29, 1.82) is 0 Å². The molecule has 1 amide bonds. The molecule has 5 nitrogen and oxygen atoms in total. The van der Waals surface area contributed by atoms with Crippen LogP contribution in [0.15, 0.2) is 66.0 Å². The highest BCUT2D eigenvalue weighted by Gasteiger charge is 2.12. The Balaban J connectivity index is 1.49. The number of carbonyl (C=O) groups excluding carboxylic acids is 1. The second-order valence-electron chi connectivity index (χ2n) is 7.28. The number of benzene rings is 2. The molecule has 2 aromatic heterocycles. The number of hydrogen-bond acceptors (Lipinski definition) is 4. The smallest absolute Gasteiger partial charge is 0.234 e. The molecule has 4 aromatic rings. The zero-order valence-corrected chi connectivity index (χ0v) is 18.2. The Labute approximate surface area is 180 Å². The van der Waals surface area contributed by atoms with Crippen molar-refractivity contribution in [1.82, 2.24) is 14.6 Å². The van der Waals surface area contributed by atoms with E-state index in [1.165, 1.54) is 22.9 Å². The van der Waals surface area contributed by atoms with E-state index in [1.807, 2.05) is 41.9 Å². The highest BCUT2D eigenvalue weighted by Crippen LogP contribution is 2.26. The van der Waals surface area contributed by atoms with Crippen molar-refractivity contribution in [2.24, 2.45) is 0 Å². The number of hydrogen-bond donors (Lipinski definition) is 1. The molecular weight excluding hydrogens is 392 g/mol. The molecule has 0 atom stereocenters. The Morgan fingerprint density at radius 2 is 1.87 bits per heavy atom. The van der Waals surface area contributed by atoms with Crippen molar-refractivity contribution in [3.05, 3.63) is 77.6 Å². The summed E-state index contributed by atoms with van der Waals surface area (Å²) in [6.07, 6.45) is 4.56. The summed E-state index contributed by atoms with van der Waals surface area (Å²) in [6.45, 7) is 6.24. The van der Waals surface area contributed by atoms with Crippen LogP contribution in [0.5, 0.6) is 0 Å². The number of amides is 1. The zero-order chi connectivity index (χ0) is 21.1. The quantitative estimate of drug-likeness (QED) is 0.433. The summed E-state index contributed by atoms with van der Waals surface area (Å²) in [6, 6.07) is 16.4. The fourth-order valence-electron chi connectivity index (χ4n) is 3.21. The predicted molar refractivity (Wildman–Crippen MR) is 123 cm³/mol. The minimum Gasteiger partial charge on any atom is -0.325 e. The van der Waals surface area contributed by atoms with Gasteiger partial charge in [-0.15, -0.1) is 0 Å². The average molecular weight is 417 g/mol. The Hall–Kier alpha value is -3.12. The van der Waals surface area contributed by atoms with Gasteiger partial charge in [-0.1, -0.05) is 49.0 Å². The molecule has 2 heterocycles. The highest BCUT2D eigenvalue weighted by molar-refractivity contribution is 8.00. The molecule has 0 aliphatic carbocycles. The summed E-state index contributed by atoms with van der Waals surface area (Å²) >= 11 is 1.42. The average Bonchev–Trinajstić information content (AvgIpc) is 3.20.